The molecule has 1 heterocycles. The summed E-state index contributed by atoms with van der Waals surface area (Å²) in [5.41, 5.74) is 4.18. The number of nitrogens with zero attached hydrogens (tertiary/aromatic N) is 4. The van der Waals surface area contributed by atoms with Gasteiger partial charge in [0, 0.05) is 64.1 Å². The molecule has 3 rings (SSSR count). The third kappa shape index (κ3) is 7.03. The average Bonchev–Trinajstić information content (AvgIpc) is 2.78. The molecule has 31 heavy (non-hydrogen) atoms. The molecule has 5 nitrogen and oxygen atoms in total. The molecule has 5 heteroatoms. The highest BCUT2D eigenvalue weighted by Gasteiger charge is 2.15. The Morgan fingerprint density at radius 3 is 2.45 bits per heavy atom. The number of piperazine rings is 1. The molecule has 0 unspecified atom stereocenters. The van der Waals surface area contributed by atoms with Crippen molar-refractivity contribution in [3.8, 4) is 0 Å². The first-order valence-corrected chi connectivity index (χ1v) is 11.1. The van der Waals surface area contributed by atoms with Gasteiger partial charge >= 0.3 is 0 Å². The van der Waals surface area contributed by atoms with Crippen LogP contribution < -0.4 is 4.90 Å². The Hall–Kier alpha value is -2.47. The summed E-state index contributed by atoms with van der Waals surface area (Å²) < 4.78 is 0. The van der Waals surface area contributed by atoms with E-state index in [-0.39, 0.29) is 5.78 Å². The maximum absolute atomic E-state index is 12.9. The summed E-state index contributed by atoms with van der Waals surface area (Å²) in [4.78, 5) is 22.1. The van der Waals surface area contributed by atoms with E-state index in [2.05, 4.69) is 72.1 Å². The smallest absolute Gasteiger partial charge is 0.185 e. The van der Waals surface area contributed by atoms with Crippen LogP contribution in [0.4, 0.5) is 5.69 Å². The molecule has 1 aliphatic rings. The Kier molecular flexibility index (Phi) is 8.41. The lowest BCUT2D eigenvalue weighted by molar-refractivity contribution is 0.104. The first kappa shape index (κ1) is 23.2. The molecule has 1 fully saturated rings. The maximum atomic E-state index is 12.9. The molecular formula is C26H36N4O. The Balaban J connectivity index is 1.67. The van der Waals surface area contributed by atoms with E-state index in [1.165, 1.54) is 5.56 Å². The minimum atomic E-state index is 0.0391. The minimum absolute atomic E-state index is 0.0391. The van der Waals surface area contributed by atoms with Crippen molar-refractivity contribution < 1.29 is 4.79 Å². The fourth-order valence-electron chi connectivity index (χ4n) is 3.73. The molecule has 2 aromatic rings. The lowest BCUT2D eigenvalue weighted by Gasteiger charge is -2.32. The molecule has 0 atom stereocenters. The third-order valence-corrected chi connectivity index (χ3v) is 5.91. The number of rotatable bonds is 9. The number of benzene rings is 2. The molecule has 0 saturated carbocycles. The van der Waals surface area contributed by atoms with Gasteiger partial charge in [0.25, 0.3) is 0 Å². The van der Waals surface area contributed by atoms with Gasteiger partial charge in [-0.05, 0) is 50.5 Å². The predicted octanol–water partition coefficient (Wildman–Crippen LogP) is 3.33. The molecule has 1 saturated heterocycles. The molecule has 2 aromatic carbocycles. The number of hydrogen-bond acceptors (Lipinski definition) is 5. The lowest BCUT2D eigenvalue weighted by Crippen LogP contribution is -2.43. The molecule has 0 spiro atoms. The molecule has 0 radical (unpaired) electrons. The van der Waals surface area contributed by atoms with Gasteiger partial charge in [0.1, 0.15) is 0 Å². The molecule has 0 N–H and O–H groups in total. The summed E-state index contributed by atoms with van der Waals surface area (Å²) in [5.74, 6) is 0.0391. The zero-order chi connectivity index (χ0) is 22.2. The van der Waals surface area contributed by atoms with Crippen molar-refractivity contribution in [2.45, 2.75) is 6.54 Å². The SMILES string of the molecule is CN(C)CCN(C)c1cccc(C(=O)/C=C/c2ccccc2CN2CCN(C)CC2)c1. The first-order chi connectivity index (χ1) is 14.9. The van der Waals surface area contributed by atoms with Gasteiger partial charge in [0.2, 0.25) is 0 Å². The molecule has 0 amide bonds. The van der Waals surface area contributed by atoms with E-state index in [4.69, 9.17) is 0 Å². The number of likely N-dealkylation sites (N-methyl/N-ethyl adjacent to an activating group) is 3. The number of carbonyl (C=O) groups is 1. The molecular weight excluding hydrogens is 384 g/mol. The molecule has 0 bridgehead atoms. The Labute approximate surface area is 187 Å². The van der Waals surface area contributed by atoms with Gasteiger partial charge in [0.05, 0.1) is 0 Å². The van der Waals surface area contributed by atoms with Gasteiger partial charge in [-0.15, -0.1) is 0 Å². The highest BCUT2D eigenvalue weighted by atomic mass is 16.1. The van der Waals surface area contributed by atoms with Gasteiger partial charge in [-0.1, -0.05) is 42.5 Å². The van der Waals surface area contributed by atoms with Crippen LogP contribution in [0.2, 0.25) is 0 Å². The number of ketones is 1. The van der Waals surface area contributed by atoms with Crippen LogP contribution in [-0.4, -0.2) is 87.9 Å². The number of hydrogen-bond donors (Lipinski definition) is 0. The summed E-state index contributed by atoms with van der Waals surface area (Å²) >= 11 is 0. The average molecular weight is 421 g/mol. The van der Waals surface area contributed by atoms with Gasteiger partial charge in [-0.3, -0.25) is 9.69 Å². The van der Waals surface area contributed by atoms with Crippen LogP contribution in [0.3, 0.4) is 0 Å². The Morgan fingerprint density at radius 2 is 1.71 bits per heavy atom. The van der Waals surface area contributed by atoms with E-state index in [1.807, 2.05) is 30.3 Å². The molecule has 166 valence electrons. The summed E-state index contributed by atoms with van der Waals surface area (Å²) in [6.45, 7) is 7.20. The Morgan fingerprint density at radius 1 is 0.968 bits per heavy atom. The van der Waals surface area contributed by atoms with E-state index >= 15 is 0 Å². The molecule has 0 aliphatic carbocycles. The van der Waals surface area contributed by atoms with E-state index in [0.29, 0.717) is 0 Å². The summed E-state index contributed by atoms with van der Waals surface area (Å²) in [7, 11) is 8.38. The predicted molar refractivity (Wildman–Crippen MR) is 131 cm³/mol. The van der Waals surface area contributed by atoms with Crippen molar-refractivity contribution >= 4 is 17.5 Å². The van der Waals surface area contributed by atoms with Gasteiger partial charge in [0.15, 0.2) is 5.78 Å². The minimum Gasteiger partial charge on any atom is -0.373 e. The van der Waals surface area contributed by atoms with Crippen LogP contribution in [0.15, 0.2) is 54.6 Å². The summed E-state index contributed by atoms with van der Waals surface area (Å²) in [6.07, 6.45) is 3.68. The fourth-order valence-corrected chi connectivity index (χ4v) is 3.73. The van der Waals surface area contributed by atoms with Crippen molar-refractivity contribution in [3.63, 3.8) is 0 Å². The molecule has 0 aromatic heterocycles. The van der Waals surface area contributed by atoms with Crippen LogP contribution >= 0.6 is 0 Å². The number of anilines is 1. The number of carbonyl (C=O) groups excluding carboxylic acids is 1. The standard InChI is InChI=1S/C26H36N4O/c1-27(2)14-17-29(4)25-11-7-10-23(20-25)26(31)13-12-22-8-5-6-9-24(22)21-30-18-15-28(3)16-19-30/h5-13,20H,14-19,21H2,1-4H3/b13-12+. The summed E-state index contributed by atoms with van der Waals surface area (Å²) in [5, 5.41) is 0. The van der Waals surface area contributed by atoms with Crippen molar-refractivity contribution in [2.75, 3.05) is 72.4 Å². The second-order valence-corrected chi connectivity index (χ2v) is 8.75. The molecule has 1 aliphatic heterocycles. The van der Waals surface area contributed by atoms with Crippen molar-refractivity contribution in [3.05, 3.63) is 71.3 Å². The van der Waals surface area contributed by atoms with Crippen molar-refractivity contribution in [1.82, 2.24) is 14.7 Å². The second kappa shape index (κ2) is 11.2. The zero-order valence-electron chi connectivity index (χ0n) is 19.4. The third-order valence-electron chi connectivity index (χ3n) is 5.91. The topological polar surface area (TPSA) is 30.0 Å². The normalized spacial score (nSPS) is 15.6. The monoisotopic (exact) mass is 420 g/mol. The van der Waals surface area contributed by atoms with Crippen LogP contribution in [0, 0.1) is 0 Å². The first-order valence-electron chi connectivity index (χ1n) is 11.1. The quantitative estimate of drug-likeness (QED) is 0.459. The maximum Gasteiger partial charge on any atom is 0.185 e. The second-order valence-electron chi connectivity index (χ2n) is 8.75. The van der Waals surface area contributed by atoms with E-state index in [0.717, 1.165) is 62.6 Å². The van der Waals surface area contributed by atoms with Crippen molar-refractivity contribution in [1.29, 1.82) is 0 Å². The van der Waals surface area contributed by atoms with E-state index in [1.54, 1.807) is 6.08 Å². The lowest BCUT2D eigenvalue weighted by atomic mass is 10.0. The van der Waals surface area contributed by atoms with Crippen LogP contribution in [0.1, 0.15) is 21.5 Å². The highest BCUT2D eigenvalue weighted by Crippen LogP contribution is 2.18. The highest BCUT2D eigenvalue weighted by molar-refractivity contribution is 6.07. The van der Waals surface area contributed by atoms with Crippen LogP contribution in [0.5, 0.6) is 0 Å². The van der Waals surface area contributed by atoms with E-state index in [9.17, 15) is 4.79 Å². The van der Waals surface area contributed by atoms with Crippen molar-refractivity contribution in [2.24, 2.45) is 0 Å². The number of allylic oxidation sites excluding steroid dienone is 1. The van der Waals surface area contributed by atoms with E-state index < -0.39 is 0 Å². The van der Waals surface area contributed by atoms with Crippen LogP contribution in [-0.2, 0) is 6.54 Å². The van der Waals surface area contributed by atoms with Gasteiger partial charge in [-0.25, -0.2) is 0 Å². The van der Waals surface area contributed by atoms with Gasteiger partial charge < -0.3 is 14.7 Å². The van der Waals surface area contributed by atoms with Crippen LogP contribution in [0.25, 0.3) is 6.08 Å². The fraction of sp³-hybridized carbons (Fsp3) is 0.423. The Bertz CT molecular complexity index is 884. The zero-order valence-corrected chi connectivity index (χ0v) is 19.4. The summed E-state index contributed by atoms with van der Waals surface area (Å²) in [6, 6.07) is 16.3. The van der Waals surface area contributed by atoms with Gasteiger partial charge in [-0.2, -0.15) is 0 Å². The largest absolute Gasteiger partial charge is 0.373 e.